The van der Waals surface area contributed by atoms with Gasteiger partial charge in [-0.15, -0.1) is 11.3 Å². The quantitative estimate of drug-likeness (QED) is 0.543. The topological polar surface area (TPSA) is 77.7 Å². The maximum absolute atomic E-state index is 9.64. The van der Waals surface area contributed by atoms with Gasteiger partial charge in [0.15, 0.2) is 11.5 Å². The van der Waals surface area contributed by atoms with Gasteiger partial charge in [-0.3, -0.25) is 5.43 Å². The van der Waals surface area contributed by atoms with E-state index in [0.717, 1.165) is 28.7 Å². The average Bonchev–Trinajstić information content (AvgIpc) is 3.18. The van der Waals surface area contributed by atoms with Gasteiger partial charge in [0, 0.05) is 22.1 Å². The van der Waals surface area contributed by atoms with Crippen LogP contribution in [0.3, 0.4) is 0 Å². The minimum absolute atomic E-state index is 0.129. The Hall–Kier alpha value is -2.08. The molecule has 0 saturated heterocycles. The molecule has 2 aliphatic carbocycles. The summed E-state index contributed by atoms with van der Waals surface area (Å²) in [6.07, 6.45) is 3.58. The molecule has 0 radical (unpaired) electrons. The van der Waals surface area contributed by atoms with Crippen LogP contribution in [0.1, 0.15) is 40.0 Å². The van der Waals surface area contributed by atoms with Crippen LogP contribution in [0, 0.1) is 16.7 Å². The molecule has 2 fully saturated rings. The number of thiazole rings is 1. The average molecular weight is 357 g/mol. The second-order valence-corrected chi connectivity index (χ2v) is 8.76. The molecule has 5 nitrogen and oxygen atoms in total. The van der Waals surface area contributed by atoms with Crippen LogP contribution >= 0.6 is 11.3 Å². The summed E-state index contributed by atoms with van der Waals surface area (Å²) in [4.78, 5) is 4.54. The highest BCUT2D eigenvalue weighted by Gasteiger charge is 2.59. The number of nitrogens with zero attached hydrogens (tertiary/aromatic N) is 2. The largest absolute Gasteiger partial charge is 0.504 e. The Bertz CT molecular complexity index is 858. The Balaban J connectivity index is 1.54. The summed E-state index contributed by atoms with van der Waals surface area (Å²) in [6, 6.07) is 4.72. The number of phenolic OH excluding ortho intramolecular Hbond substituents is 2. The Morgan fingerprint density at radius 3 is 2.68 bits per heavy atom. The molecule has 2 saturated carbocycles. The van der Waals surface area contributed by atoms with E-state index >= 15 is 0 Å². The van der Waals surface area contributed by atoms with Gasteiger partial charge >= 0.3 is 0 Å². The van der Waals surface area contributed by atoms with Gasteiger partial charge in [0.05, 0.1) is 5.69 Å². The van der Waals surface area contributed by atoms with Gasteiger partial charge in [-0.2, -0.15) is 5.10 Å². The number of aromatic nitrogens is 1. The number of benzene rings is 1. The van der Waals surface area contributed by atoms with Gasteiger partial charge < -0.3 is 10.2 Å². The molecule has 1 aromatic heterocycles. The van der Waals surface area contributed by atoms with E-state index in [1.54, 1.807) is 6.07 Å². The van der Waals surface area contributed by atoms with Gasteiger partial charge in [0.2, 0.25) is 5.13 Å². The molecule has 2 bridgehead atoms. The Morgan fingerprint density at radius 2 is 2.04 bits per heavy atom. The molecular formula is C19H23N3O2S. The van der Waals surface area contributed by atoms with Crippen molar-refractivity contribution < 1.29 is 10.2 Å². The van der Waals surface area contributed by atoms with Crippen molar-refractivity contribution in [2.24, 2.45) is 21.8 Å². The zero-order chi connectivity index (χ0) is 17.8. The molecule has 132 valence electrons. The Morgan fingerprint density at radius 1 is 1.24 bits per heavy atom. The van der Waals surface area contributed by atoms with Gasteiger partial charge in [-0.05, 0) is 48.8 Å². The van der Waals surface area contributed by atoms with Crippen LogP contribution in [0.2, 0.25) is 0 Å². The lowest BCUT2D eigenvalue weighted by atomic mass is 9.70. The van der Waals surface area contributed by atoms with Crippen LogP contribution in [0.15, 0.2) is 28.7 Å². The first-order valence-electron chi connectivity index (χ1n) is 8.62. The molecule has 2 aliphatic rings. The highest BCUT2D eigenvalue weighted by atomic mass is 32.1. The molecule has 0 spiro atoms. The lowest BCUT2D eigenvalue weighted by Gasteiger charge is -2.34. The van der Waals surface area contributed by atoms with E-state index in [0.29, 0.717) is 5.41 Å². The summed E-state index contributed by atoms with van der Waals surface area (Å²) in [5.74, 6) is 0.457. The van der Waals surface area contributed by atoms with Crippen molar-refractivity contribution in [2.45, 2.75) is 40.0 Å². The number of hydrogen-bond acceptors (Lipinski definition) is 6. The molecule has 1 heterocycles. The molecule has 3 N–H and O–H groups in total. The summed E-state index contributed by atoms with van der Waals surface area (Å²) in [5.41, 5.74) is 6.39. The third-order valence-corrected chi connectivity index (χ3v) is 7.32. The fourth-order valence-electron chi connectivity index (χ4n) is 4.35. The van der Waals surface area contributed by atoms with E-state index in [1.807, 2.05) is 5.38 Å². The summed E-state index contributed by atoms with van der Waals surface area (Å²) in [7, 11) is 0. The zero-order valence-electron chi connectivity index (χ0n) is 14.7. The number of hydrogen-bond donors (Lipinski definition) is 3. The molecule has 1 aromatic carbocycles. The Labute approximate surface area is 151 Å². The number of fused-ring (bicyclic) bond motifs is 2. The van der Waals surface area contributed by atoms with E-state index in [-0.39, 0.29) is 16.9 Å². The molecule has 25 heavy (non-hydrogen) atoms. The van der Waals surface area contributed by atoms with E-state index < -0.39 is 0 Å². The first-order chi connectivity index (χ1) is 11.8. The third kappa shape index (κ3) is 2.42. The van der Waals surface area contributed by atoms with Crippen molar-refractivity contribution in [1.29, 1.82) is 0 Å². The molecular weight excluding hydrogens is 334 g/mol. The number of hydrazone groups is 1. The second-order valence-electron chi connectivity index (χ2n) is 7.91. The van der Waals surface area contributed by atoms with E-state index in [4.69, 9.17) is 5.10 Å². The van der Waals surface area contributed by atoms with Crippen molar-refractivity contribution in [2.75, 3.05) is 5.43 Å². The minimum atomic E-state index is -0.141. The maximum Gasteiger partial charge on any atom is 0.203 e. The summed E-state index contributed by atoms with van der Waals surface area (Å²) < 4.78 is 0. The van der Waals surface area contributed by atoms with Gasteiger partial charge in [0.1, 0.15) is 0 Å². The van der Waals surface area contributed by atoms with Crippen LogP contribution < -0.4 is 5.43 Å². The number of anilines is 1. The smallest absolute Gasteiger partial charge is 0.203 e. The van der Waals surface area contributed by atoms with Crippen molar-refractivity contribution in [1.82, 2.24) is 4.98 Å². The van der Waals surface area contributed by atoms with E-state index in [2.05, 4.69) is 31.2 Å². The highest BCUT2D eigenvalue weighted by molar-refractivity contribution is 7.14. The van der Waals surface area contributed by atoms with Crippen molar-refractivity contribution >= 4 is 22.2 Å². The van der Waals surface area contributed by atoms with Crippen LogP contribution in [-0.4, -0.2) is 20.9 Å². The summed E-state index contributed by atoms with van der Waals surface area (Å²) in [6.45, 7) is 7.07. The zero-order valence-corrected chi connectivity index (χ0v) is 15.5. The van der Waals surface area contributed by atoms with Crippen LogP contribution in [0.5, 0.6) is 11.5 Å². The highest BCUT2D eigenvalue weighted by Crippen LogP contribution is 2.63. The van der Waals surface area contributed by atoms with Crippen molar-refractivity contribution in [3.63, 3.8) is 0 Å². The van der Waals surface area contributed by atoms with Crippen LogP contribution in [-0.2, 0) is 0 Å². The first-order valence-corrected chi connectivity index (χ1v) is 9.50. The minimum Gasteiger partial charge on any atom is -0.504 e. The normalized spacial score (nSPS) is 28.6. The van der Waals surface area contributed by atoms with Crippen LogP contribution in [0.4, 0.5) is 5.13 Å². The van der Waals surface area contributed by atoms with Gasteiger partial charge in [-0.1, -0.05) is 20.8 Å². The molecule has 6 heteroatoms. The summed E-state index contributed by atoms with van der Waals surface area (Å²) >= 11 is 1.48. The van der Waals surface area contributed by atoms with E-state index in [1.165, 1.54) is 42.0 Å². The molecule has 0 unspecified atom stereocenters. The van der Waals surface area contributed by atoms with Crippen LogP contribution in [0.25, 0.3) is 11.3 Å². The Kier molecular flexibility index (Phi) is 3.58. The molecule has 2 atom stereocenters. The molecule has 4 rings (SSSR count). The lowest BCUT2D eigenvalue weighted by Crippen LogP contribution is -2.32. The maximum atomic E-state index is 9.64. The second kappa shape index (κ2) is 5.46. The van der Waals surface area contributed by atoms with Gasteiger partial charge in [-0.25, -0.2) is 4.98 Å². The third-order valence-electron chi connectivity index (χ3n) is 6.57. The number of phenols is 2. The SMILES string of the molecule is CC1(C)[C@@H]2CC[C@]1(C)/C(=N\Nc1nc(-c3ccc(O)c(O)c3)cs1)C2. The lowest BCUT2D eigenvalue weighted by molar-refractivity contribution is 0.194. The molecule has 2 aromatic rings. The number of aromatic hydroxyl groups is 2. The first kappa shape index (κ1) is 16.4. The van der Waals surface area contributed by atoms with Crippen molar-refractivity contribution in [3.05, 3.63) is 23.6 Å². The number of nitrogens with one attached hydrogen (secondary N) is 1. The standard InChI is InChI=1S/C19H23N3O2S/c1-18(2)12-6-7-19(18,3)16(9-12)21-22-17-20-13(10-25-17)11-4-5-14(23)15(24)8-11/h4-5,8,10,12,23-24H,6-7,9H2,1-3H3,(H,20,22)/b21-16-/t12-,19-/m1/s1. The predicted molar refractivity (Wildman–Crippen MR) is 101 cm³/mol. The summed E-state index contributed by atoms with van der Waals surface area (Å²) in [5, 5.41) is 26.4. The van der Waals surface area contributed by atoms with E-state index in [9.17, 15) is 10.2 Å². The number of rotatable bonds is 3. The molecule has 0 aliphatic heterocycles. The van der Waals surface area contributed by atoms with Crippen molar-refractivity contribution in [3.8, 4) is 22.8 Å². The molecule has 0 amide bonds. The monoisotopic (exact) mass is 357 g/mol. The van der Waals surface area contributed by atoms with Gasteiger partial charge in [0.25, 0.3) is 0 Å². The fraction of sp³-hybridized carbons (Fsp3) is 0.474. The predicted octanol–water partition coefficient (Wildman–Crippen LogP) is 4.84. The fourth-order valence-corrected chi connectivity index (χ4v) is 5.01.